The van der Waals surface area contributed by atoms with E-state index in [4.69, 9.17) is 0 Å². The Balaban J connectivity index is 1.35. The molecule has 0 bridgehead atoms. The highest BCUT2D eigenvalue weighted by molar-refractivity contribution is 5.95. The molecule has 0 atom stereocenters. The van der Waals surface area contributed by atoms with Crippen LogP contribution in [0.15, 0.2) is 30.3 Å². The molecule has 2 aromatic rings. The van der Waals surface area contributed by atoms with Gasteiger partial charge in [0.05, 0.1) is 12.1 Å². The number of benzene rings is 1. The minimum Gasteiger partial charge on any atom is -0.312 e. The summed E-state index contributed by atoms with van der Waals surface area (Å²) in [6, 6.07) is 9.55. The van der Waals surface area contributed by atoms with Gasteiger partial charge in [0.15, 0.2) is 0 Å². The van der Waals surface area contributed by atoms with E-state index in [1.165, 1.54) is 12.8 Å². The van der Waals surface area contributed by atoms with Gasteiger partial charge in [-0.05, 0) is 37.0 Å². The molecular weight excluding hydrogens is 304 g/mol. The second kappa shape index (κ2) is 6.11. The highest BCUT2D eigenvalue weighted by Gasteiger charge is 2.26. The third-order valence-corrected chi connectivity index (χ3v) is 4.55. The summed E-state index contributed by atoms with van der Waals surface area (Å²) in [5, 5.41) is 9.94. The summed E-state index contributed by atoms with van der Waals surface area (Å²) in [7, 11) is 0. The van der Waals surface area contributed by atoms with Gasteiger partial charge in [0.25, 0.3) is 0 Å². The van der Waals surface area contributed by atoms with Crippen molar-refractivity contribution in [3.05, 3.63) is 41.6 Å². The molecule has 2 aliphatic rings. The van der Waals surface area contributed by atoms with Gasteiger partial charge in [-0.3, -0.25) is 14.7 Å². The van der Waals surface area contributed by atoms with Crippen LogP contribution in [-0.4, -0.2) is 28.6 Å². The average Bonchev–Trinajstić information content (AvgIpc) is 3.18. The van der Waals surface area contributed by atoms with Crippen LogP contribution < -0.4 is 10.2 Å². The Morgan fingerprint density at radius 1 is 1.29 bits per heavy atom. The molecule has 124 valence electrons. The minimum atomic E-state index is -0.0778. The number of H-pyrrole nitrogens is 1. The number of hydrogen-bond acceptors (Lipinski definition) is 3. The lowest BCUT2D eigenvalue weighted by Gasteiger charge is -2.15. The van der Waals surface area contributed by atoms with Crippen LogP contribution in [0.5, 0.6) is 0 Å². The van der Waals surface area contributed by atoms with E-state index in [0.717, 1.165) is 29.9 Å². The van der Waals surface area contributed by atoms with Crippen LogP contribution in [0.1, 0.15) is 42.9 Å². The normalized spacial score (nSPS) is 17.3. The molecule has 0 radical (unpaired) electrons. The molecule has 2 N–H and O–H groups in total. The zero-order chi connectivity index (χ0) is 16.5. The number of carbonyl (C=O) groups excluding carboxylic acids is 2. The minimum absolute atomic E-state index is 0.0778. The predicted octanol–water partition coefficient (Wildman–Crippen LogP) is 2.60. The lowest BCUT2D eigenvalue weighted by atomic mass is 10.1. The largest absolute Gasteiger partial charge is 0.312 e. The highest BCUT2D eigenvalue weighted by Crippen LogP contribution is 2.39. The fourth-order valence-corrected chi connectivity index (χ4v) is 3.08. The van der Waals surface area contributed by atoms with E-state index < -0.39 is 0 Å². The number of rotatable bonds is 5. The number of nitrogens with zero attached hydrogens (tertiary/aromatic N) is 2. The smallest absolute Gasteiger partial charge is 0.229 e. The molecule has 1 saturated heterocycles. The van der Waals surface area contributed by atoms with Crippen molar-refractivity contribution >= 4 is 23.3 Å². The second-order valence-corrected chi connectivity index (χ2v) is 6.52. The van der Waals surface area contributed by atoms with Crippen LogP contribution in [0.25, 0.3) is 0 Å². The average molecular weight is 324 g/mol. The maximum absolute atomic E-state index is 12.1. The summed E-state index contributed by atoms with van der Waals surface area (Å²) in [5.74, 6) is 1.31. The highest BCUT2D eigenvalue weighted by atomic mass is 16.2. The molecular formula is C18H20N4O2. The quantitative estimate of drug-likeness (QED) is 0.887. The third-order valence-electron chi connectivity index (χ3n) is 4.55. The van der Waals surface area contributed by atoms with E-state index in [1.54, 1.807) is 4.90 Å². The van der Waals surface area contributed by atoms with E-state index >= 15 is 0 Å². The van der Waals surface area contributed by atoms with E-state index in [-0.39, 0.29) is 11.8 Å². The van der Waals surface area contributed by atoms with Crippen LogP contribution >= 0.6 is 0 Å². The zero-order valence-corrected chi connectivity index (χ0v) is 13.4. The Bertz CT molecular complexity index is 762. The van der Waals surface area contributed by atoms with Crippen molar-refractivity contribution in [1.82, 2.24) is 10.2 Å². The van der Waals surface area contributed by atoms with Gasteiger partial charge in [0.2, 0.25) is 11.8 Å². The number of carbonyl (C=O) groups is 2. The first-order valence-electron chi connectivity index (χ1n) is 8.43. The molecule has 0 unspecified atom stereocenters. The standard InChI is InChI=1S/C18H20N4O2/c23-17(19-16-11-15(20-21-16)13-5-6-13)10-12-3-7-14(8-4-12)22-9-1-2-18(22)24/h3-4,7-8,11,13H,1-2,5-6,9-10H2,(H2,19,20,21,23). The summed E-state index contributed by atoms with van der Waals surface area (Å²) >= 11 is 0. The van der Waals surface area contributed by atoms with E-state index in [0.29, 0.717) is 24.6 Å². The number of aromatic amines is 1. The van der Waals surface area contributed by atoms with Gasteiger partial charge in [-0.1, -0.05) is 12.1 Å². The van der Waals surface area contributed by atoms with Crippen molar-refractivity contribution < 1.29 is 9.59 Å². The molecule has 1 aromatic heterocycles. The molecule has 0 spiro atoms. The van der Waals surface area contributed by atoms with Crippen molar-refractivity contribution in [2.75, 3.05) is 16.8 Å². The molecule has 1 aromatic carbocycles. The van der Waals surface area contributed by atoms with E-state index in [1.807, 2.05) is 30.3 Å². The topological polar surface area (TPSA) is 78.1 Å². The summed E-state index contributed by atoms with van der Waals surface area (Å²) in [6.07, 6.45) is 4.20. The van der Waals surface area contributed by atoms with Crippen molar-refractivity contribution in [1.29, 1.82) is 0 Å². The van der Waals surface area contributed by atoms with Gasteiger partial charge in [0, 0.05) is 30.6 Å². The number of aromatic nitrogens is 2. The molecule has 1 saturated carbocycles. The van der Waals surface area contributed by atoms with Crippen molar-refractivity contribution in [3.8, 4) is 0 Å². The summed E-state index contributed by atoms with van der Waals surface area (Å²) < 4.78 is 0. The molecule has 2 fully saturated rings. The van der Waals surface area contributed by atoms with Gasteiger partial charge in [-0.25, -0.2) is 0 Å². The second-order valence-electron chi connectivity index (χ2n) is 6.52. The molecule has 2 amide bonds. The molecule has 24 heavy (non-hydrogen) atoms. The molecule has 6 nitrogen and oxygen atoms in total. The van der Waals surface area contributed by atoms with Crippen molar-refractivity contribution in [2.24, 2.45) is 0 Å². The number of amides is 2. The summed E-state index contributed by atoms with van der Waals surface area (Å²) in [4.78, 5) is 25.7. The third kappa shape index (κ3) is 3.18. The Labute approximate surface area is 140 Å². The number of hydrogen-bond donors (Lipinski definition) is 2. The van der Waals surface area contributed by atoms with Crippen LogP contribution in [0.4, 0.5) is 11.5 Å². The van der Waals surface area contributed by atoms with Crippen LogP contribution in [0.2, 0.25) is 0 Å². The maximum atomic E-state index is 12.1. The van der Waals surface area contributed by atoms with Gasteiger partial charge >= 0.3 is 0 Å². The summed E-state index contributed by atoms with van der Waals surface area (Å²) in [6.45, 7) is 0.780. The van der Waals surface area contributed by atoms with Crippen LogP contribution in [0.3, 0.4) is 0 Å². The first-order chi connectivity index (χ1) is 11.7. The van der Waals surface area contributed by atoms with Gasteiger partial charge in [-0.15, -0.1) is 0 Å². The van der Waals surface area contributed by atoms with Gasteiger partial charge in [0.1, 0.15) is 5.82 Å². The van der Waals surface area contributed by atoms with E-state index in [2.05, 4.69) is 15.5 Å². The molecule has 2 heterocycles. The Kier molecular flexibility index (Phi) is 3.80. The predicted molar refractivity (Wildman–Crippen MR) is 90.9 cm³/mol. The van der Waals surface area contributed by atoms with Crippen LogP contribution in [-0.2, 0) is 16.0 Å². The first kappa shape index (κ1) is 14.9. The lowest BCUT2D eigenvalue weighted by Crippen LogP contribution is -2.23. The number of nitrogens with one attached hydrogen (secondary N) is 2. The van der Waals surface area contributed by atoms with E-state index in [9.17, 15) is 9.59 Å². The SMILES string of the molecule is O=C(Cc1ccc(N2CCCC2=O)cc1)Nc1cc(C2CC2)n[nH]1. The van der Waals surface area contributed by atoms with Gasteiger partial charge in [-0.2, -0.15) is 5.10 Å². The fourth-order valence-electron chi connectivity index (χ4n) is 3.08. The molecule has 1 aliphatic heterocycles. The Hall–Kier alpha value is -2.63. The molecule has 4 rings (SSSR count). The maximum Gasteiger partial charge on any atom is 0.229 e. The Morgan fingerprint density at radius 2 is 2.08 bits per heavy atom. The monoisotopic (exact) mass is 324 g/mol. The lowest BCUT2D eigenvalue weighted by molar-refractivity contribution is -0.117. The van der Waals surface area contributed by atoms with Crippen molar-refractivity contribution in [2.45, 2.75) is 38.0 Å². The molecule has 1 aliphatic carbocycles. The first-order valence-corrected chi connectivity index (χ1v) is 8.43. The fraction of sp³-hybridized carbons (Fsp3) is 0.389. The Morgan fingerprint density at radius 3 is 2.75 bits per heavy atom. The zero-order valence-electron chi connectivity index (χ0n) is 13.4. The van der Waals surface area contributed by atoms with Crippen molar-refractivity contribution in [3.63, 3.8) is 0 Å². The summed E-state index contributed by atoms with van der Waals surface area (Å²) in [5.41, 5.74) is 2.86. The number of anilines is 2. The molecule has 6 heteroatoms. The van der Waals surface area contributed by atoms with Crippen LogP contribution in [0, 0.1) is 0 Å². The van der Waals surface area contributed by atoms with Gasteiger partial charge < -0.3 is 10.2 Å².